The summed E-state index contributed by atoms with van der Waals surface area (Å²) >= 11 is 5.84. The first kappa shape index (κ1) is 16.4. The third kappa shape index (κ3) is 2.95. The molecule has 0 bridgehead atoms. The number of esters is 2. The molecule has 1 aliphatic rings. The van der Waals surface area contributed by atoms with E-state index in [1.54, 1.807) is 20.8 Å². The highest BCUT2D eigenvalue weighted by Crippen LogP contribution is 2.39. The molecule has 0 saturated carbocycles. The highest BCUT2D eigenvalue weighted by molar-refractivity contribution is 6.30. The third-order valence-corrected chi connectivity index (χ3v) is 3.90. The van der Waals surface area contributed by atoms with Gasteiger partial charge in [-0.1, -0.05) is 32.4 Å². The lowest BCUT2D eigenvalue weighted by molar-refractivity contribution is -0.261. The van der Waals surface area contributed by atoms with E-state index in [0.29, 0.717) is 5.02 Å². The maximum absolute atomic E-state index is 12.2. The largest absolute Gasteiger partial charge is 0.507 e. The van der Waals surface area contributed by atoms with Gasteiger partial charge in [-0.2, -0.15) is 0 Å². The van der Waals surface area contributed by atoms with E-state index >= 15 is 0 Å². The molecule has 1 N–H and O–H groups in total. The van der Waals surface area contributed by atoms with E-state index in [2.05, 4.69) is 0 Å². The quantitative estimate of drug-likeness (QED) is 0.487. The summed E-state index contributed by atoms with van der Waals surface area (Å²) in [7, 11) is 0. The van der Waals surface area contributed by atoms with Crippen LogP contribution in [0.3, 0.4) is 0 Å². The molecule has 5 nitrogen and oxygen atoms in total. The highest BCUT2D eigenvalue weighted by atomic mass is 35.5. The van der Waals surface area contributed by atoms with Gasteiger partial charge in [-0.15, -0.1) is 0 Å². The average Bonchev–Trinajstić information content (AvgIpc) is 2.36. The second-order valence-electron chi connectivity index (χ2n) is 6.24. The number of rotatable bonds is 1. The van der Waals surface area contributed by atoms with Gasteiger partial charge >= 0.3 is 11.9 Å². The van der Waals surface area contributed by atoms with Crippen molar-refractivity contribution < 1.29 is 24.2 Å². The van der Waals surface area contributed by atoms with Crippen LogP contribution in [0, 0.1) is 5.41 Å². The van der Waals surface area contributed by atoms with Gasteiger partial charge < -0.3 is 14.6 Å². The predicted octanol–water partition coefficient (Wildman–Crippen LogP) is 3.29. The van der Waals surface area contributed by atoms with Crippen LogP contribution in [0.4, 0.5) is 0 Å². The molecule has 2 rings (SSSR count). The lowest BCUT2D eigenvalue weighted by atomic mass is 9.85. The Morgan fingerprint density at radius 3 is 2.23 bits per heavy atom. The van der Waals surface area contributed by atoms with Crippen molar-refractivity contribution in [1.82, 2.24) is 0 Å². The molecule has 1 heterocycles. The summed E-state index contributed by atoms with van der Waals surface area (Å²) in [6.07, 6.45) is 1.20. The lowest BCUT2D eigenvalue weighted by Gasteiger charge is -2.42. The van der Waals surface area contributed by atoms with Gasteiger partial charge in [0.2, 0.25) is 0 Å². The summed E-state index contributed by atoms with van der Waals surface area (Å²) < 4.78 is 10.6. The maximum Gasteiger partial charge on any atom is 0.348 e. The van der Waals surface area contributed by atoms with Crippen molar-refractivity contribution in [2.24, 2.45) is 5.41 Å². The Morgan fingerprint density at radius 2 is 1.73 bits per heavy atom. The number of carbonyl (C=O) groups excluding carboxylic acids is 2. The SMILES string of the molecule is CC(C)(C)C1(C)OC(=O)C(=Cc2cc(Cl)ccc2O)C(=O)O1. The number of cyclic esters (lactones) is 2. The Balaban J connectivity index is 2.39. The zero-order valence-electron chi connectivity index (χ0n) is 12.8. The molecular formula is C16H17ClO5. The standard InChI is InChI=1S/C16H17ClO5/c1-15(2,3)16(4)21-13(19)11(14(20)22-16)8-9-7-10(17)5-6-12(9)18/h5-8,18H,1-4H3. The molecule has 22 heavy (non-hydrogen) atoms. The fraction of sp³-hybridized carbons (Fsp3) is 0.375. The molecule has 1 saturated heterocycles. The summed E-state index contributed by atoms with van der Waals surface area (Å²) in [5, 5.41) is 10.1. The first-order chi connectivity index (χ1) is 10.0. The summed E-state index contributed by atoms with van der Waals surface area (Å²) in [5.41, 5.74) is -0.641. The Labute approximate surface area is 133 Å². The summed E-state index contributed by atoms with van der Waals surface area (Å²) in [6, 6.07) is 4.29. The van der Waals surface area contributed by atoms with E-state index in [-0.39, 0.29) is 16.9 Å². The number of benzene rings is 1. The summed E-state index contributed by atoms with van der Waals surface area (Å²) in [4.78, 5) is 24.3. The third-order valence-electron chi connectivity index (χ3n) is 3.67. The summed E-state index contributed by atoms with van der Waals surface area (Å²) in [6.45, 7) is 6.93. The number of carbonyl (C=O) groups is 2. The van der Waals surface area contributed by atoms with Gasteiger partial charge in [0.05, 0.1) is 0 Å². The van der Waals surface area contributed by atoms with Crippen molar-refractivity contribution >= 4 is 29.6 Å². The van der Waals surface area contributed by atoms with Crippen LogP contribution in [0.5, 0.6) is 5.75 Å². The van der Waals surface area contributed by atoms with Crippen LogP contribution in [0.15, 0.2) is 23.8 Å². The molecule has 1 aliphatic heterocycles. The van der Waals surface area contributed by atoms with E-state index in [1.165, 1.54) is 31.2 Å². The zero-order valence-corrected chi connectivity index (χ0v) is 13.5. The van der Waals surface area contributed by atoms with Crippen LogP contribution >= 0.6 is 11.6 Å². The van der Waals surface area contributed by atoms with Crippen molar-refractivity contribution in [3.05, 3.63) is 34.4 Å². The molecule has 6 heteroatoms. The van der Waals surface area contributed by atoms with E-state index in [4.69, 9.17) is 21.1 Å². The normalized spacial score (nSPS) is 22.1. The number of phenols is 1. The number of halogens is 1. The first-order valence-electron chi connectivity index (χ1n) is 6.70. The van der Waals surface area contributed by atoms with Crippen molar-refractivity contribution in [2.45, 2.75) is 33.5 Å². The fourth-order valence-electron chi connectivity index (χ4n) is 1.79. The van der Waals surface area contributed by atoms with Crippen LogP contribution in [0.25, 0.3) is 6.08 Å². The molecule has 0 radical (unpaired) electrons. The van der Waals surface area contributed by atoms with Crippen LogP contribution in [-0.2, 0) is 19.1 Å². The molecule has 0 aromatic heterocycles. The number of phenolic OH excluding ortho intramolecular Hbond substituents is 1. The van der Waals surface area contributed by atoms with Crippen molar-refractivity contribution in [1.29, 1.82) is 0 Å². The molecule has 0 aliphatic carbocycles. The molecule has 118 valence electrons. The van der Waals surface area contributed by atoms with Gasteiger partial charge in [0.1, 0.15) is 11.3 Å². The maximum atomic E-state index is 12.2. The molecule has 0 atom stereocenters. The molecular weight excluding hydrogens is 308 g/mol. The van der Waals surface area contributed by atoms with E-state index in [0.717, 1.165) is 0 Å². The van der Waals surface area contributed by atoms with Crippen LogP contribution in [0.1, 0.15) is 33.3 Å². The first-order valence-corrected chi connectivity index (χ1v) is 7.08. The van der Waals surface area contributed by atoms with E-state index in [1.807, 2.05) is 0 Å². The molecule has 1 aromatic carbocycles. The minimum absolute atomic E-state index is 0.110. The molecule has 1 fully saturated rings. The van der Waals surface area contributed by atoms with Gasteiger partial charge in [0.25, 0.3) is 5.79 Å². The van der Waals surface area contributed by atoms with Crippen molar-refractivity contribution in [3.8, 4) is 5.75 Å². The zero-order chi connectivity index (χ0) is 16.7. The number of ether oxygens (including phenoxy) is 2. The van der Waals surface area contributed by atoms with Crippen molar-refractivity contribution in [2.75, 3.05) is 0 Å². The molecule has 0 amide bonds. The van der Waals surface area contributed by atoms with Gasteiger partial charge in [-0.25, -0.2) is 9.59 Å². The van der Waals surface area contributed by atoms with E-state index < -0.39 is 23.1 Å². The summed E-state index contributed by atoms with van der Waals surface area (Å²) in [5.74, 6) is -3.06. The van der Waals surface area contributed by atoms with Crippen LogP contribution in [-0.4, -0.2) is 22.8 Å². The number of hydrogen-bond donors (Lipinski definition) is 1. The van der Waals surface area contributed by atoms with Crippen molar-refractivity contribution in [3.63, 3.8) is 0 Å². The minimum Gasteiger partial charge on any atom is -0.507 e. The minimum atomic E-state index is -1.35. The van der Waals surface area contributed by atoms with Crippen LogP contribution in [0.2, 0.25) is 5.02 Å². The molecule has 0 spiro atoms. The number of aromatic hydroxyl groups is 1. The molecule has 1 aromatic rings. The second-order valence-corrected chi connectivity index (χ2v) is 6.67. The average molecular weight is 325 g/mol. The topological polar surface area (TPSA) is 72.8 Å². The Bertz CT molecular complexity index is 650. The molecule has 0 unspecified atom stereocenters. The van der Waals surface area contributed by atoms with Gasteiger partial charge in [-0.3, -0.25) is 0 Å². The Morgan fingerprint density at radius 1 is 1.18 bits per heavy atom. The number of hydrogen-bond acceptors (Lipinski definition) is 5. The monoisotopic (exact) mass is 324 g/mol. The predicted molar refractivity (Wildman–Crippen MR) is 81.1 cm³/mol. The lowest BCUT2D eigenvalue weighted by Crippen LogP contribution is -2.52. The fourth-order valence-corrected chi connectivity index (χ4v) is 1.97. The van der Waals surface area contributed by atoms with Gasteiger partial charge in [0.15, 0.2) is 0 Å². The van der Waals surface area contributed by atoms with Gasteiger partial charge in [-0.05, 0) is 24.3 Å². The highest BCUT2D eigenvalue weighted by Gasteiger charge is 2.50. The van der Waals surface area contributed by atoms with E-state index in [9.17, 15) is 14.7 Å². The van der Waals surface area contributed by atoms with Gasteiger partial charge in [0, 0.05) is 22.9 Å². The Kier molecular flexibility index (Phi) is 3.96. The Hall–Kier alpha value is -2.01. The second kappa shape index (κ2) is 5.32. The van der Waals surface area contributed by atoms with Crippen LogP contribution < -0.4 is 0 Å². The smallest absolute Gasteiger partial charge is 0.348 e.